The zero-order valence-corrected chi connectivity index (χ0v) is 15.0. The van der Waals surface area contributed by atoms with E-state index in [0.29, 0.717) is 5.91 Å². The van der Waals surface area contributed by atoms with Gasteiger partial charge in [0.1, 0.15) is 5.82 Å². The molecule has 1 unspecified atom stereocenters. The number of nitrogens with zero attached hydrogens (tertiary/aromatic N) is 4. The van der Waals surface area contributed by atoms with E-state index >= 15 is 0 Å². The molecule has 1 amide bonds. The maximum absolute atomic E-state index is 12.8. The van der Waals surface area contributed by atoms with Gasteiger partial charge in [-0.15, -0.1) is 0 Å². The number of halogens is 1. The Morgan fingerprint density at radius 2 is 2.04 bits per heavy atom. The van der Waals surface area contributed by atoms with Crippen molar-refractivity contribution < 1.29 is 4.79 Å². The highest BCUT2D eigenvalue weighted by molar-refractivity contribution is 6.30. The first kappa shape index (κ1) is 16.6. The van der Waals surface area contributed by atoms with E-state index in [9.17, 15) is 4.79 Å². The van der Waals surface area contributed by atoms with Gasteiger partial charge in [-0.25, -0.2) is 4.98 Å². The molecular formula is C19H23ClN4O. The lowest BCUT2D eigenvalue weighted by molar-refractivity contribution is -0.138. The van der Waals surface area contributed by atoms with Crippen molar-refractivity contribution in [3.63, 3.8) is 0 Å². The molecule has 1 atom stereocenters. The molecule has 0 saturated carbocycles. The molecule has 0 radical (unpaired) electrons. The summed E-state index contributed by atoms with van der Waals surface area (Å²) >= 11 is 6.06. The largest absolute Gasteiger partial charge is 0.340 e. The van der Waals surface area contributed by atoms with Crippen LogP contribution in [0.3, 0.4) is 0 Å². The maximum Gasteiger partial charge on any atom is 0.226 e. The van der Waals surface area contributed by atoms with Gasteiger partial charge < -0.3 is 9.47 Å². The number of carbonyl (C=O) groups excluding carboxylic acids is 1. The standard InChI is InChI=1S/C19H23ClN4O/c20-17-3-1-2-15(12-17)14-22-8-10-24(11-9-22)19(25)16-4-6-23-7-5-21-18(23)13-16/h1-3,5,7,12,16H,4,6,8-11,13-14H2. The fourth-order valence-electron chi connectivity index (χ4n) is 3.84. The summed E-state index contributed by atoms with van der Waals surface area (Å²) in [7, 11) is 0. The lowest BCUT2D eigenvalue weighted by Gasteiger charge is -2.37. The molecule has 0 spiro atoms. The molecule has 2 aliphatic heterocycles. The topological polar surface area (TPSA) is 41.4 Å². The Kier molecular flexibility index (Phi) is 4.77. The Bertz CT molecular complexity index is 751. The molecule has 0 aliphatic carbocycles. The van der Waals surface area contributed by atoms with Crippen LogP contribution in [0.4, 0.5) is 0 Å². The van der Waals surface area contributed by atoms with E-state index in [-0.39, 0.29) is 5.92 Å². The van der Waals surface area contributed by atoms with Crippen molar-refractivity contribution in [2.24, 2.45) is 5.92 Å². The summed E-state index contributed by atoms with van der Waals surface area (Å²) in [5, 5.41) is 0.780. The van der Waals surface area contributed by atoms with E-state index in [1.165, 1.54) is 5.56 Å². The van der Waals surface area contributed by atoms with Gasteiger partial charge in [0.25, 0.3) is 0 Å². The number of piperazine rings is 1. The van der Waals surface area contributed by atoms with Crippen LogP contribution in [0, 0.1) is 5.92 Å². The quantitative estimate of drug-likeness (QED) is 0.846. The summed E-state index contributed by atoms with van der Waals surface area (Å²) in [5.41, 5.74) is 1.23. The minimum absolute atomic E-state index is 0.0920. The van der Waals surface area contributed by atoms with Crippen LogP contribution in [0.5, 0.6) is 0 Å². The SMILES string of the molecule is O=C(C1CCn2ccnc2C1)N1CCN(Cc2cccc(Cl)c2)CC1. The first-order valence-electron chi connectivity index (χ1n) is 8.94. The molecule has 3 heterocycles. The molecule has 1 fully saturated rings. The van der Waals surface area contributed by atoms with Gasteiger partial charge in [0, 0.05) is 69.0 Å². The summed E-state index contributed by atoms with van der Waals surface area (Å²) in [5.74, 6) is 1.44. The summed E-state index contributed by atoms with van der Waals surface area (Å²) in [4.78, 5) is 21.7. The van der Waals surface area contributed by atoms with Crippen molar-refractivity contribution in [3.8, 4) is 0 Å². The van der Waals surface area contributed by atoms with E-state index in [1.54, 1.807) is 0 Å². The molecule has 1 saturated heterocycles. The van der Waals surface area contributed by atoms with Crippen molar-refractivity contribution in [2.75, 3.05) is 26.2 Å². The minimum atomic E-state index is 0.0920. The predicted octanol–water partition coefficient (Wildman–Crippen LogP) is 2.44. The lowest BCUT2D eigenvalue weighted by Crippen LogP contribution is -2.50. The highest BCUT2D eigenvalue weighted by Gasteiger charge is 2.30. The third-order valence-corrected chi connectivity index (χ3v) is 5.51. The van der Waals surface area contributed by atoms with Gasteiger partial charge >= 0.3 is 0 Å². The Morgan fingerprint density at radius 3 is 2.84 bits per heavy atom. The van der Waals surface area contributed by atoms with E-state index < -0.39 is 0 Å². The molecule has 0 N–H and O–H groups in total. The fraction of sp³-hybridized carbons (Fsp3) is 0.474. The number of imidazole rings is 1. The molecule has 2 aliphatic rings. The molecule has 25 heavy (non-hydrogen) atoms. The van der Waals surface area contributed by atoms with Crippen LogP contribution in [0.1, 0.15) is 17.8 Å². The minimum Gasteiger partial charge on any atom is -0.340 e. The average molecular weight is 359 g/mol. The Morgan fingerprint density at radius 1 is 1.20 bits per heavy atom. The van der Waals surface area contributed by atoms with E-state index in [1.807, 2.05) is 35.5 Å². The highest BCUT2D eigenvalue weighted by atomic mass is 35.5. The third-order valence-electron chi connectivity index (χ3n) is 5.28. The average Bonchev–Trinajstić information content (AvgIpc) is 3.09. The van der Waals surface area contributed by atoms with E-state index in [0.717, 1.165) is 63.0 Å². The van der Waals surface area contributed by atoms with Gasteiger partial charge in [0.15, 0.2) is 0 Å². The van der Waals surface area contributed by atoms with Crippen LogP contribution in [0.2, 0.25) is 5.02 Å². The lowest BCUT2D eigenvalue weighted by atomic mass is 9.96. The second-order valence-electron chi connectivity index (χ2n) is 6.96. The van der Waals surface area contributed by atoms with Crippen LogP contribution in [-0.4, -0.2) is 51.4 Å². The normalized spacial score (nSPS) is 21.2. The van der Waals surface area contributed by atoms with E-state index in [2.05, 4.69) is 20.5 Å². The Labute approximate surface area is 153 Å². The first-order valence-corrected chi connectivity index (χ1v) is 9.32. The fourth-order valence-corrected chi connectivity index (χ4v) is 4.05. The number of carbonyl (C=O) groups is 1. The van der Waals surface area contributed by atoms with Gasteiger partial charge in [-0.05, 0) is 24.1 Å². The summed E-state index contributed by atoms with van der Waals surface area (Å²) < 4.78 is 2.16. The highest BCUT2D eigenvalue weighted by Crippen LogP contribution is 2.22. The van der Waals surface area contributed by atoms with Crippen LogP contribution in [-0.2, 0) is 24.3 Å². The summed E-state index contributed by atoms with van der Waals surface area (Å²) in [6, 6.07) is 8.01. The molecule has 132 valence electrons. The maximum atomic E-state index is 12.8. The van der Waals surface area contributed by atoms with E-state index in [4.69, 9.17) is 11.6 Å². The van der Waals surface area contributed by atoms with Crippen molar-refractivity contribution in [2.45, 2.75) is 25.9 Å². The molecule has 1 aromatic heterocycles. The van der Waals surface area contributed by atoms with Gasteiger partial charge in [0.2, 0.25) is 5.91 Å². The Hall–Kier alpha value is -1.85. The summed E-state index contributed by atoms with van der Waals surface area (Å²) in [6.45, 7) is 5.25. The van der Waals surface area contributed by atoms with Gasteiger partial charge in [0.05, 0.1) is 0 Å². The van der Waals surface area contributed by atoms with Crippen LogP contribution in [0.25, 0.3) is 0 Å². The number of rotatable bonds is 3. The second kappa shape index (κ2) is 7.18. The molecule has 1 aromatic carbocycles. The number of aryl methyl sites for hydroxylation is 1. The Balaban J connectivity index is 1.30. The monoisotopic (exact) mass is 358 g/mol. The molecule has 2 aromatic rings. The van der Waals surface area contributed by atoms with Crippen molar-refractivity contribution >= 4 is 17.5 Å². The number of benzene rings is 1. The molecule has 5 nitrogen and oxygen atoms in total. The molecular weight excluding hydrogens is 336 g/mol. The zero-order valence-electron chi connectivity index (χ0n) is 14.3. The van der Waals surface area contributed by atoms with Crippen molar-refractivity contribution in [1.29, 1.82) is 0 Å². The van der Waals surface area contributed by atoms with Crippen LogP contribution < -0.4 is 0 Å². The third kappa shape index (κ3) is 3.72. The molecule has 4 rings (SSSR count). The summed E-state index contributed by atoms with van der Waals surface area (Å²) in [6.07, 6.45) is 5.53. The van der Waals surface area contributed by atoms with Gasteiger partial charge in [-0.2, -0.15) is 0 Å². The van der Waals surface area contributed by atoms with Crippen LogP contribution in [0.15, 0.2) is 36.7 Å². The second-order valence-corrected chi connectivity index (χ2v) is 7.39. The van der Waals surface area contributed by atoms with Crippen LogP contribution >= 0.6 is 11.6 Å². The number of hydrogen-bond donors (Lipinski definition) is 0. The van der Waals surface area contributed by atoms with Gasteiger partial charge in [-0.1, -0.05) is 23.7 Å². The van der Waals surface area contributed by atoms with Crippen molar-refractivity contribution in [3.05, 3.63) is 53.1 Å². The number of amides is 1. The number of aromatic nitrogens is 2. The number of hydrogen-bond acceptors (Lipinski definition) is 3. The predicted molar refractivity (Wildman–Crippen MR) is 97.3 cm³/mol. The number of fused-ring (bicyclic) bond motifs is 1. The van der Waals surface area contributed by atoms with Gasteiger partial charge in [-0.3, -0.25) is 9.69 Å². The smallest absolute Gasteiger partial charge is 0.226 e. The molecule has 0 bridgehead atoms. The van der Waals surface area contributed by atoms with Crippen molar-refractivity contribution in [1.82, 2.24) is 19.4 Å². The first-order chi connectivity index (χ1) is 12.2. The molecule has 6 heteroatoms. The zero-order chi connectivity index (χ0) is 17.2.